The predicted molar refractivity (Wildman–Crippen MR) is 60.2 cm³/mol. The minimum absolute atomic E-state index is 0.0243. The molecular formula is C12H26NO+. The third-order valence-corrected chi connectivity index (χ3v) is 3.51. The van der Waals surface area contributed by atoms with Crippen LogP contribution in [0.3, 0.4) is 0 Å². The highest BCUT2D eigenvalue weighted by atomic mass is 16.3. The van der Waals surface area contributed by atoms with Gasteiger partial charge >= 0.3 is 0 Å². The molecule has 0 radical (unpaired) electrons. The van der Waals surface area contributed by atoms with Gasteiger partial charge in [-0.3, -0.25) is 0 Å². The van der Waals surface area contributed by atoms with Crippen LogP contribution in [-0.2, 0) is 0 Å². The molecule has 0 aromatic carbocycles. The van der Waals surface area contributed by atoms with Gasteiger partial charge < -0.3 is 9.59 Å². The van der Waals surface area contributed by atoms with Gasteiger partial charge in [0.15, 0.2) is 0 Å². The summed E-state index contributed by atoms with van der Waals surface area (Å²) in [5.41, 5.74) is 0. The molecule has 0 saturated carbocycles. The number of aliphatic hydroxyl groups is 1. The zero-order valence-corrected chi connectivity index (χ0v) is 9.84. The lowest BCUT2D eigenvalue weighted by Crippen LogP contribution is -2.47. The van der Waals surface area contributed by atoms with Crippen LogP contribution >= 0.6 is 0 Å². The Bertz CT molecular complexity index is 150. The number of aliphatic hydroxyl groups excluding tert-OH is 1. The third kappa shape index (κ3) is 3.25. The van der Waals surface area contributed by atoms with Crippen LogP contribution < -0.4 is 0 Å². The van der Waals surface area contributed by atoms with Gasteiger partial charge in [-0.2, -0.15) is 0 Å². The van der Waals surface area contributed by atoms with Gasteiger partial charge in [0, 0.05) is 6.42 Å². The van der Waals surface area contributed by atoms with E-state index in [1.807, 2.05) is 0 Å². The monoisotopic (exact) mass is 200 g/mol. The Balaban J connectivity index is 2.42. The zero-order valence-electron chi connectivity index (χ0n) is 9.84. The van der Waals surface area contributed by atoms with Gasteiger partial charge in [0.05, 0.1) is 19.6 Å². The smallest absolute Gasteiger partial charge is 0.108 e. The van der Waals surface area contributed by atoms with Gasteiger partial charge in [-0.05, 0) is 12.8 Å². The Labute approximate surface area is 88.5 Å². The van der Waals surface area contributed by atoms with Crippen LogP contribution in [0.5, 0.6) is 0 Å². The quantitative estimate of drug-likeness (QED) is 0.652. The van der Waals surface area contributed by atoms with Crippen molar-refractivity contribution >= 4 is 0 Å². The summed E-state index contributed by atoms with van der Waals surface area (Å²) in [4.78, 5) is 0. The Morgan fingerprint density at radius 3 is 2.07 bits per heavy atom. The van der Waals surface area contributed by atoms with Crippen molar-refractivity contribution in [3.63, 3.8) is 0 Å². The first-order valence-corrected chi connectivity index (χ1v) is 6.25. The summed E-state index contributed by atoms with van der Waals surface area (Å²) in [5, 5.41) is 9.65. The summed E-state index contributed by atoms with van der Waals surface area (Å²) < 4.78 is 1.20. The number of likely N-dealkylation sites (tertiary alicyclic amines) is 1. The number of rotatable bonds is 6. The zero-order chi connectivity index (χ0) is 10.4. The molecule has 1 atom stereocenters. The molecule has 84 valence electrons. The van der Waals surface area contributed by atoms with Crippen LogP contribution in [0.1, 0.15) is 46.0 Å². The van der Waals surface area contributed by atoms with Gasteiger partial charge in [0.25, 0.3) is 0 Å². The van der Waals surface area contributed by atoms with Crippen LogP contribution in [0, 0.1) is 0 Å². The first-order valence-electron chi connectivity index (χ1n) is 6.25. The molecule has 1 aliphatic heterocycles. The molecule has 1 saturated heterocycles. The molecule has 1 heterocycles. The Hall–Kier alpha value is -0.0800. The van der Waals surface area contributed by atoms with Gasteiger partial charge in [-0.15, -0.1) is 0 Å². The minimum atomic E-state index is -0.0243. The molecular weight excluding hydrogens is 174 g/mol. The van der Waals surface area contributed by atoms with Crippen LogP contribution in [0.2, 0.25) is 0 Å². The largest absolute Gasteiger partial charge is 0.387 e. The molecule has 2 heteroatoms. The molecule has 0 amide bonds. The highest BCUT2D eigenvalue weighted by Gasteiger charge is 2.35. The maximum Gasteiger partial charge on any atom is 0.108 e. The van der Waals surface area contributed by atoms with Crippen molar-refractivity contribution in [2.75, 3.05) is 26.2 Å². The lowest BCUT2D eigenvalue weighted by atomic mass is 10.2. The molecule has 0 unspecified atom stereocenters. The summed E-state index contributed by atoms with van der Waals surface area (Å²) in [6.07, 6.45) is 6.19. The molecule has 0 bridgehead atoms. The molecule has 1 fully saturated rings. The average molecular weight is 200 g/mol. The maximum atomic E-state index is 9.65. The highest BCUT2D eigenvalue weighted by Crippen LogP contribution is 2.22. The number of nitrogens with zero attached hydrogens (tertiary/aromatic N) is 1. The average Bonchev–Trinajstić information content (AvgIpc) is 2.55. The number of quaternary nitrogens is 1. The molecule has 1 rings (SSSR count). The second kappa shape index (κ2) is 5.72. The highest BCUT2D eigenvalue weighted by molar-refractivity contribution is 4.64. The van der Waals surface area contributed by atoms with E-state index in [1.54, 1.807) is 0 Å². The van der Waals surface area contributed by atoms with Crippen molar-refractivity contribution in [3.8, 4) is 0 Å². The first kappa shape index (κ1) is 12.0. The Morgan fingerprint density at radius 1 is 1.14 bits per heavy atom. The van der Waals surface area contributed by atoms with Gasteiger partial charge in [0.2, 0.25) is 0 Å². The van der Waals surface area contributed by atoms with Crippen molar-refractivity contribution in [1.29, 1.82) is 0 Å². The van der Waals surface area contributed by atoms with Crippen molar-refractivity contribution in [3.05, 3.63) is 0 Å². The van der Waals surface area contributed by atoms with E-state index in [0.717, 1.165) is 13.0 Å². The normalized spacial score (nSPS) is 25.5. The summed E-state index contributed by atoms with van der Waals surface area (Å²) in [7, 11) is 0. The van der Waals surface area contributed by atoms with E-state index in [4.69, 9.17) is 0 Å². The summed E-state index contributed by atoms with van der Waals surface area (Å²) >= 11 is 0. The minimum Gasteiger partial charge on any atom is -0.387 e. The summed E-state index contributed by atoms with van der Waals surface area (Å²) in [6, 6.07) is 0. The van der Waals surface area contributed by atoms with E-state index < -0.39 is 0 Å². The van der Waals surface area contributed by atoms with E-state index in [0.29, 0.717) is 0 Å². The maximum absolute atomic E-state index is 9.65. The van der Waals surface area contributed by atoms with Gasteiger partial charge in [-0.25, -0.2) is 0 Å². The van der Waals surface area contributed by atoms with Crippen LogP contribution in [0.25, 0.3) is 0 Å². The number of hydrogen-bond donors (Lipinski definition) is 1. The fraction of sp³-hybridized carbons (Fsp3) is 1.00. The standard InChI is InChI=1S/C12H26NO/c1-3-5-8-13(9-6-4-2)10-7-12(14)11-13/h12,14H,3-11H2,1-2H3/q+1/t12-/m0/s1. The van der Waals surface area contributed by atoms with Crippen LogP contribution in [0.15, 0.2) is 0 Å². The number of unbranched alkanes of at least 4 members (excludes halogenated alkanes) is 2. The van der Waals surface area contributed by atoms with Gasteiger partial charge in [0.1, 0.15) is 12.6 Å². The van der Waals surface area contributed by atoms with Crippen molar-refractivity contribution < 1.29 is 9.59 Å². The van der Waals surface area contributed by atoms with Crippen LogP contribution in [-0.4, -0.2) is 41.9 Å². The van der Waals surface area contributed by atoms with E-state index in [2.05, 4.69) is 13.8 Å². The molecule has 0 aromatic heterocycles. The molecule has 0 aliphatic carbocycles. The second-order valence-corrected chi connectivity index (χ2v) is 4.84. The van der Waals surface area contributed by atoms with Crippen LogP contribution in [0.4, 0.5) is 0 Å². The first-order chi connectivity index (χ1) is 6.72. The lowest BCUT2D eigenvalue weighted by molar-refractivity contribution is -0.918. The molecule has 1 N–H and O–H groups in total. The van der Waals surface area contributed by atoms with E-state index in [9.17, 15) is 5.11 Å². The molecule has 14 heavy (non-hydrogen) atoms. The summed E-state index contributed by atoms with van der Waals surface area (Å²) in [6.45, 7) is 9.30. The molecule has 0 spiro atoms. The second-order valence-electron chi connectivity index (χ2n) is 4.84. The topological polar surface area (TPSA) is 20.2 Å². The van der Waals surface area contributed by atoms with Crippen molar-refractivity contribution in [2.45, 2.75) is 52.1 Å². The lowest BCUT2D eigenvalue weighted by Gasteiger charge is -2.34. The van der Waals surface area contributed by atoms with Crippen molar-refractivity contribution in [2.24, 2.45) is 0 Å². The SMILES string of the molecule is CCCC[N+]1(CCCC)CC[C@H](O)C1. The molecule has 1 aliphatic rings. The van der Waals surface area contributed by atoms with Gasteiger partial charge in [-0.1, -0.05) is 26.7 Å². The number of hydrogen-bond acceptors (Lipinski definition) is 1. The predicted octanol–water partition coefficient (Wildman–Crippen LogP) is 2.17. The van der Waals surface area contributed by atoms with Crippen molar-refractivity contribution in [1.82, 2.24) is 0 Å². The third-order valence-electron chi connectivity index (χ3n) is 3.51. The Morgan fingerprint density at radius 2 is 1.71 bits per heavy atom. The van der Waals surface area contributed by atoms with E-state index in [1.165, 1.54) is 49.8 Å². The fourth-order valence-corrected chi connectivity index (χ4v) is 2.56. The van der Waals surface area contributed by atoms with E-state index in [-0.39, 0.29) is 6.10 Å². The fourth-order valence-electron chi connectivity index (χ4n) is 2.56. The molecule has 2 nitrogen and oxygen atoms in total. The molecule has 0 aromatic rings. The Kier molecular flexibility index (Phi) is 4.90. The van der Waals surface area contributed by atoms with E-state index >= 15 is 0 Å². The summed E-state index contributed by atoms with van der Waals surface area (Å²) in [5.74, 6) is 0.